The van der Waals surface area contributed by atoms with Crippen LogP contribution in [0.4, 0.5) is 0 Å². The summed E-state index contributed by atoms with van der Waals surface area (Å²) in [6.07, 6.45) is 6.13. The Bertz CT molecular complexity index is 609. The minimum atomic E-state index is 0.162. The lowest BCUT2D eigenvalue weighted by molar-refractivity contribution is -0.139. The smallest absolute Gasteiger partial charge is 0.223 e. The van der Waals surface area contributed by atoms with Gasteiger partial charge in [0.25, 0.3) is 0 Å². The third-order valence-corrected chi connectivity index (χ3v) is 4.49. The summed E-state index contributed by atoms with van der Waals surface area (Å²) in [4.78, 5) is 14.3. The highest BCUT2D eigenvalue weighted by molar-refractivity contribution is 5.76. The normalized spacial score (nSPS) is 17.8. The Balaban J connectivity index is 1.39. The summed E-state index contributed by atoms with van der Waals surface area (Å²) in [6, 6.07) is 14.3. The van der Waals surface area contributed by atoms with E-state index in [0.717, 1.165) is 25.0 Å². The number of morpholine rings is 1. The van der Waals surface area contributed by atoms with E-state index in [0.29, 0.717) is 32.5 Å². The molecule has 0 unspecified atom stereocenters. The fourth-order valence-electron chi connectivity index (χ4n) is 3.14. The van der Waals surface area contributed by atoms with E-state index in [1.807, 2.05) is 23.1 Å². The van der Waals surface area contributed by atoms with Crippen LogP contribution < -0.4 is 0 Å². The van der Waals surface area contributed by atoms with Crippen molar-refractivity contribution in [2.75, 3.05) is 19.7 Å². The number of hydrogen-bond donors (Lipinski definition) is 0. The summed E-state index contributed by atoms with van der Waals surface area (Å²) in [5.74, 6) is 1.07. The van der Waals surface area contributed by atoms with E-state index in [1.54, 1.807) is 6.26 Å². The van der Waals surface area contributed by atoms with Crippen molar-refractivity contribution in [1.82, 2.24) is 4.90 Å². The Labute approximate surface area is 143 Å². The Hall–Kier alpha value is -2.07. The summed E-state index contributed by atoms with van der Waals surface area (Å²) in [6.45, 7) is 2.06. The van der Waals surface area contributed by atoms with E-state index in [9.17, 15) is 4.79 Å². The summed E-state index contributed by atoms with van der Waals surface area (Å²) < 4.78 is 11.1. The van der Waals surface area contributed by atoms with Gasteiger partial charge in [-0.05, 0) is 37.0 Å². The number of hydrogen-bond acceptors (Lipinski definition) is 3. The lowest BCUT2D eigenvalue weighted by Crippen LogP contribution is -2.45. The molecule has 24 heavy (non-hydrogen) atoms. The van der Waals surface area contributed by atoms with Gasteiger partial charge in [-0.2, -0.15) is 0 Å². The predicted octanol–water partition coefficient (Wildman–Crippen LogP) is 3.46. The lowest BCUT2D eigenvalue weighted by atomic mass is 10.0. The Morgan fingerprint density at radius 3 is 2.79 bits per heavy atom. The molecule has 4 heteroatoms. The molecule has 0 bridgehead atoms. The van der Waals surface area contributed by atoms with E-state index >= 15 is 0 Å². The van der Waals surface area contributed by atoms with Gasteiger partial charge in [-0.1, -0.05) is 30.3 Å². The van der Waals surface area contributed by atoms with Gasteiger partial charge < -0.3 is 14.1 Å². The summed E-state index contributed by atoms with van der Waals surface area (Å²) >= 11 is 0. The Kier molecular flexibility index (Phi) is 6.07. The second-order valence-corrected chi connectivity index (χ2v) is 6.29. The van der Waals surface area contributed by atoms with Gasteiger partial charge in [-0.25, -0.2) is 0 Å². The van der Waals surface area contributed by atoms with Gasteiger partial charge in [-0.3, -0.25) is 4.79 Å². The molecule has 2 heterocycles. The standard InChI is InChI=1S/C20H25NO3/c22-20(12-11-18-10-5-14-23-18)21-13-15-24-19(16-21)9-4-8-17-6-2-1-3-7-17/h1-3,5-7,10,14,19H,4,8-9,11-13,15-16H2/t19-/m0/s1. The minimum Gasteiger partial charge on any atom is -0.469 e. The van der Waals surface area contributed by atoms with Gasteiger partial charge >= 0.3 is 0 Å². The average Bonchev–Trinajstić information content (AvgIpc) is 3.14. The molecule has 1 saturated heterocycles. The summed E-state index contributed by atoms with van der Waals surface area (Å²) in [7, 11) is 0. The van der Waals surface area contributed by atoms with E-state index < -0.39 is 0 Å². The molecule has 0 N–H and O–H groups in total. The van der Waals surface area contributed by atoms with Crippen molar-refractivity contribution in [1.29, 1.82) is 0 Å². The number of aryl methyl sites for hydroxylation is 2. The van der Waals surface area contributed by atoms with Gasteiger partial charge in [0.1, 0.15) is 5.76 Å². The SMILES string of the molecule is O=C(CCc1ccco1)N1CCO[C@@H](CCCc2ccccc2)C1. The van der Waals surface area contributed by atoms with Gasteiger partial charge in [0.05, 0.1) is 19.0 Å². The number of ether oxygens (including phenoxy) is 1. The van der Waals surface area contributed by atoms with E-state index in [2.05, 4.69) is 24.3 Å². The number of carbonyl (C=O) groups excluding carboxylic acids is 1. The zero-order valence-corrected chi connectivity index (χ0v) is 14.0. The molecule has 1 aromatic carbocycles. The average molecular weight is 327 g/mol. The first-order chi connectivity index (χ1) is 11.8. The number of rotatable bonds is 7. The van der Waals surface area contributed by atoms with Gasteiger partial charge in [0.15, 0.2) is 0 Å². The first-order valence-electron chi connectivity index (χ1n) is 8.77. The third kappa shape index (κ3) is 4.96. The summed E-state index contributed by atoms with van der Waals surface area (Å²) in [5.41, 5.74) is 1.36. The first kappa shape index (κ1) is 16.8. The fraction of sp³-hybridized carbons (Fsp3) is 0.450. The highest BCUT2D eigenvalue weighted by Crippen LogP contribution is 2.15. The monoisotopic (exact) mass is 327 g/mol. The van der Waals surface area contributed by atoms with Crippen molar-refractivity contribution < 1.29 is 13.9 Å². The molecular weight excluding hydrogens is 302 g/mol. The van der Waals surface area contributed by atoms with Crippen LogP contribution in [0.5, 0.6) is 0 Å². The van der Waals surface area contributed by atoms with Crippen LogP contribution in [-0.4, -0.2) is 36.6 Å². The number of nitrogens with zero attached hydrogens (tertiary/aromatic N) is 1. The number of amides is 1. The third-order valence-electron chi connectivity index (χ3n) is 4.49. The van der Waals surface area contributed by atoms with E-state index in [-0.39, 0.29) is 12.0 Å². The maximum atomic E-state index is 12.4. The fourth-order valence-corrected chi connectivity index (χ4v) is 3.14. The van der Waals surface area contributed by atoms with Crippen LogP contribution in [0.25, 0.3) is 0 Å². The van der Waals surface area contributed by atoms with Crippen LogP contribution in [0.3, 0.4) is 0 Å². The van der Waals surface area contributed by atoms with Crippen molar-refractivity contribution in [3.8, 4) is 0 Å². The zero-order chi connectivity index (χ0) is 16.6. The largest absolute Gasteiger partial charge is 0.469 e. The Morgan fingerprint density at radius 2 is 2.00 bits per heavy atom. The highest BCUT2D eigenvalue weighted by atomic mass is 16.5. The molecular formula is C20H25NO3. The Morgan fingerprint density at radius 1 is 1.12 bits per heavy atom. The topological polar surface area (TPSA) is 42.7 Å². The van der Waals surface area contributed by atoms with E-state index in [4.69, 9.17) is 9.15 Å². The van der Waals surface area contributed by atoms with Crippen molar-refractivity contribution in [3.05, 3.63) is 60.1 Å². The van der Waals surface area contributed by atoms with Crippen molar-refractivity contribution in [3.63, 3.8) is 0 Å². The van der Waals surface area contributed by atoms with Crippen LogP contribution >= 0.6 is 0 Å². The van der Waals surface area contributed by atoms with Crippen LogP contribution in [0, 0.1) is 0 Å². The molecule has 4 nitrogen and oxygen atoms in total. The van der Waals surface area contributed by atoms with Crippen LogP contribution in [0.1, 0.15) is 30.6 Å². The first-order valence-corrected chi connectivity index (χ1v) is 8.77. The number of carbonyl (C=O) groups is 1. The van der Waals surface area contributed by atoms with Crippen LogP contribution in [0.15, 0.2) is 53.1 Å². The molecule has 1 aliphatic rings. The predicted molar refractivity (Wildman–Crippen MR) is 92.7 cm³/mol. The minimum absolute atomic E-state index is 0.162. The van der Waals surface area contributed by atoms with Crippen molar-refractivity contribution in [2.24, 2.45) is 0 Å². The maximum Gasteiger partial charge on any atom is 0.223 e. The quantitative estimate of drug-likeness (QED) is 0.782. The molecule has 1 aliphatic heterocycles. The molecule has 0 spiro atoms. The molecule has 1 aromatic heterocycles. The molecule has 0 aliphatic carbocycles. The molecule has 0 radical (unpaired) electrons. The van der Waals surface area contributed by atoms with Gasteiger partial charge in [-0.15, -0.1) is 0 Å². The second-order valence-electron chi connectivity index (χ2n) is 6.29. The molecule has 1 fully saturated rings. The molecule has 1 amide bonds. The second kappa shape index (κ2) is 8.69. The maximum absolute atomic E-state index is 12.4. The number of furan rings is 1. The lowest BCUT2D eigenvalue weighted by Gasteiger charge is -2.33. The van der Waals surface area contributed by atoms with Gasteiger partial charge in [0, 0.05) is 25.9 Å². The van der Waals surface area contributed by atoms with Crippen molar-refractivity contribution in [2.45, 2.75) is 38.2 Å². The van der Waals surface area contributed by atoms with Crippen LogP contribution in [-0.2, 0) is 22.4 Å². The van der Waals surface area contributed by atoms with Gasteiger partial charge in [0.2, 0.25) is 5.91 Å². The van der Waals surface area contributed by atoms with E-state index in [1.165, 1.54) is 5.56 Å². The molecule has 1 atom stereocenters. The van der Waals surface area contributed by atoms with Crippen molar-refractivity contribution >= 4 is 5.91 Å². The molecule has 0 saturated carbocycles. The highest BCUT2D eigenvalue weighted by Gasteiger charge is 2.23. The zero-order valence-electron chi connectivity index (χ0n) is 14.0. The molecule has 128 valence electrons. The summed E-state index contributed by atoms with van der Waals surface area (Å²) in [5, 5.41) is 0. The molecule has 2 aromatic rings. The van der Waals surface area contributed by atoms with Crippen LogP contribution in [0.2, 0.25) is 0 Å². The number of benzene rings is 1. The molecule has 3 rings (SSSR count).